The molecule has 0 atom stereocenters. The Labute approximate surface area is 170 Å². The number of halogens is 1. The molecule has 146 valence electrons. The van der Waals surface area contributed by atoms with Crippen molar-refractivity contribution in [1.29, 1.82) is 0 Å². The maximum atomic E-state index is 14.2. The van der Waals surface area contributed by atoms with Gasteiger partial charge in [0, 0.05) is 34.9 Å². The summed E-state index contributed by atoms with van der Waals surface area (Å²) < 4.78 is 21.6. The van der Waals surface area contributed by atoms with Gasteiger partial charge >= 0.3 is 0 Å². The molecule has 0 unspecified atom stereocenters. The summed E-state index contributed by atoms with van der Waals surface area (Å²) >= 11 is 1.17. The van der Waals surface area contributed by atoms with Crippen molar-refractivity contribution in [3.63, 3.8) is 0 Å². The number of thioether (sulfide) groups is 1. The van der Waals surface area contributed by atoms with Crippen LogP contribution in [-0.4, -0.2) is 31.3 Å². The van der Waals surface area contributed by atoms with Gasteiger partial charge in [-0.1, -0.05) is 23.9 Å². The minimum absolute atomic E-state index is 0.0886. The van der Waals surface area contributed by atoms with Crippen molar-refractivity contribution in [3.8, 4) is 17.1 Å². The number of hydrogen-bond donors (Lipinski definition) is 0. The standard InChI is InChI=1S/C21H17FN4O2S/c1-13-11-16(14(2)26(13)18-6-4-3-5-17(18)22)19(27)12-29-21-25-24-20(28-21)15-7-9-23-10-8-15/h3-11H,12H2,1-2H3. The fraction of sp³-hybridized carbons (Fsp3) is 0.143. The van der Waals surface area contributed by atoms with Crippen molar-refractivity contribution in [2.75, 3.05) is 5.75 Å². The molecule has 0 amide bonds. The molecule has 3 aromatic heterocycles. The Hall–Kier alpha value is -3.26. The van der Waals surface area contributed by atoms with Crippen molar-refractivity contribution < 1.29 is 13.6 Å². The fourth-order valence-corrected chi connectivity index (χ4v) is 3.78. The average molecular weight is 408 g/mol. The molecule has 1 aromatic carbocycles. The van der Waals surface area contributed by atoms with Crippen LogP contribution in [0.1, 0.15) is 21.7 Å². The number of nitrogens with zero attached hydrogens (tertiary/aromatic N) is 4. The number of Topliss-reactive ketones (excluding diaryl/α,β-unsaturated/α-hetero) is 1. The first-order chi connectivity index (χ1) is 14.0. The summed E-state index contributed by atoms with van der Waals surface area (Å²) in [5, 5.41) is 8.29. The second kappa shape index (κ2) is 8.00. The van der Waals surface area contributed by atoms with Gasteiger partial charge in [0.2, 0.25) is 5.89 Å². The van der Waals surface area contributed by atoms with Crippen molar-refractivity contribution >= 4 is 17.5 Å². The molecule has 4 rings (SSSR count). The smallest absolute Gasteiger partial charge is 0.277 e. The minimum Gasteiger partial charge on any atom is -0.411 e. The molecule has 0 fully saturated rings. The zero-order chi connectivity index (χ0) is 20.4. The summed E-state index contributed by atoms with van der Waals surface area (Å²) in [5.41, 5.74) is 3.22. The highest BCUT2D eigenvalue weighted by Gasteiger charge is 2.19. The number of aromatic nitrogens is 4. The van der Waals surface area contributed by atoms with Gasteiger partial charge in [0.25, 0.3) is 5.22 Å². The maximum absolute atomic E-state index is 14.2. The van der Waals surface area contributed by atoms with Crippen LogP contribution >= 0.6 is 11.8 Å². The van der Waals surface area contributed by atoms with E-state index in [0.29, 0.717) is 28.1 Å². The third kappa shape index (κ3) is 3.84. The number of benzene rings is 1. The molecular formula is C21H17FN4O2S. The Morgan fingerprint density at radius 2 is 1.90 bits per heavy atom. The van der Waals surface area contributed by atoms with Crippen LogP contribution in [-0.2, 0) is 0 Å². The van der Waals surface area contributed by atoms with Gasteiger partial charge in [0.1, 0.15) is 5.82 Å². The van der Waals surface area contributed by atoms with E-state index in [1.165, 1.54) is 17.8 Å². The quantitative estimate of drug-likeness (QED) is 0.341. The summed E-state index contributed by atoms with van der Waals surface area (Å²) in [7, 11) is 0. The van der Waals surface area contributed by atoms with Crippen LogP contribution in [0.5, 0.6) is 0 Å². The van der Waals surface area contributed by atoms with Crippen LogP contribution in [0.2, 0.25) is 0 Å². The molecule has 0 saturated heterocycles. The lowest BCUT2D eigenvalue weighted by Gasteiger charge is -2.10. The molecule has 0 spiro atoms. The minimum atomic E-state index is -0.336. The number of ketones is 1. The number of para-hydroxylation sites is 1. The molecule has 3 heterocycles. The van der Waals surface area contributed by atoms with E-state index in [-0.39, 0.29) is 17.4 Å². The highest BCUT2D eigenvalue weighted by atomic mass is 32.2. The van der Waals surface area contributed by atoms with E-state index >= 15 is 0 Å². The maximum Gasteiger partial charge on any atom is 0.277 e. The molecule has 0 saturated carbocycles. The van der Waals surface area contributed by atoms with E-state index in [9.17, 15) is 9.18 Å². The van der Waals surface area contributed by atoms with E-state index in [1.807, 2.05) is 13.8 Å². The van der Waals surface area contributed by atoms with Gasteiger partial charge in [0.15, 0.2) is 5.78 Å². The molecule has 0 aliphatic rings. The number of hydrogen-bond acceptors (Lipinski definition) is 6. The fourth-order valence-electron chi connectivity index (χ4n) is 3.13. The van der Waals surface area contributed by atoms with Crippen molar-refractivity contribution in [3.05, 3.63) is 77.6 Å². The van der Waals surface area contributed by atoms with Crippen LogP contribution in [0.15, 0.2) is 64.5 Å². The van der Waals surface area contributed by atoms with Gasteiger partial charge in [-0.25, -0.2) is 4.39 Å². The summed E-state index contributed by atoms with van der Waals surface area (Å²) in [6.45, 7) is 3.66. The lowest BCUT2D eigenvalue weighted by Crippen LogP contribution is -2.06. The zero-order valence-electron chi connectivity index (χ0n) is 15.8. The lowest BCUT2D eigenvalue weighted by atomic mass is 10.2. The van der Waals surface area contributed by atoms with E-state index in [1.54, 1.807) is 53.4 Å². The summed E-state index contributed by atoms with van der Waals surface area (Å²) in [6, 6.07) is 11.8. The van der Waals surface area contributed by atoms with E-state index in [2.05, 4.69) is 15.2 Å². The molecule has 0 aliphatic heterocycles. The number of pyridine rings is 1. The van der Waals surface area contributed by atoms with Crippen LogP contribution in [0.25, 0.3) is 17.1 Å². The van der Waals surface area contributed by atoms with Crippen LogP contribution in [0, 0.1) is 19.7 Å². The van der Waals surface area contributed by atoms with Gasteiger partial charge in [-0.3, -0.25) is 9.78 Å². The van der Waals surface area contributed by atoms with E-state index in [4.69, 9.17) is 4.42 Å². The molecule has 6 nitrogen and oxygen atoms in total. The van der Waals surface area contributed by atoms with Crippen LogP contribution < -0.4 is 0 Å². The zero-order valence-corrected chi connectivity index (χ0v) is 16.6. The monoisotopic (exact) mass is 408 g/mol. The SMILES string of the molecule is Cc1cc(C(=O)CSc2nnc(-c3ccncc3)o2)c(C)n1-c1ccccc1F. The van der Waals surface area contributed by atoms with Gasteiger partial charge in [-0.05, 0) is 44.2 Å². The van der Waals surface area contributed by atoms with Gasteiger partial charge < -0.3 is 8.98 Å². The van der Waals surface area contributed by atoms with Crippen molar-refractivity contribution in [2.24, 2.45) is 0 Å². The molecule has 8 heteroatoms. The van der Waals surface area contributed by atoms with Crippen molar-refractivity contribution in [1.82, 2.24) is 19.7 Å². The summed E-state index contributed by atoms with van der Waals surface area (Å²) in [4.78, 5) is 16.7. The third-order valence-corrected chi connectivity index (χ3v) is 5.30. The van der Waals surface area contributed by atoms with E-state index < -0.39 is 0 Å². The second-order valence-corrected chi connectivity index (χ2v) is 7.32. The predicted molar refractivity (Wildman–Crippen MR) is 108 cm³/mol. The number of rotatable bonds is 6. The highest BCUT2D eigenvalue weighted by Crippen LogP contribution is 2.26. The first kappa shape index (κ1) is 19.1. The second-order valence-electron chi connectivity index (χ2n) is 6.39. The number of aryl methyl sites for hydroxylation is 1. The Bertz CT molecular complexity index is 1170. The molecular weight excluding hydrogens is 391 g/mol. The van der Waals surface area contributed by atoms with Crippen molar-refractivity contribution in [2.45, 2.75) is 19.1 Å². The summed E-state index contributed by atoms with van der Waals surface area (Å²) in [5.74, 6) is 0.0890. The number of carbonyl (C=O) groups is 1. The molecule has 0 aliphatic carbocycles. The molecule has 4 aromatic rings. The number of carbonyl (C=O) groups excluding carboxylic acids is 1. The summed E-state index contributed by atoms with van der Waals surface area (Å²) in [6.07, 6.45) is 3.28. The Morgan fingerprint density at radius 3 is 2.66 bits per heavy atom. The molecule has 29 heavy (non-hydrogen) atoms. The first-order valence-electron chi connectivity index (χ1n) is 8.88. The van der Waals surface area contributed by atoms with Crippen LogP contribution in [0.3, 0.4) is 0 Å². The highest BCUT2D eigenvalue weighted by molar-refractivity contribution is 7.99. The molecule has 0 radical (unpaired) electrons. The van der Waals surface area contributed by atoms with Gasteiger partial charge in [-0.15, -0.1) is 10.2 Å². The third-order valence-electron chi connectivity index (χ3n) is 4.49. The lowest BCUT2D eigenvalue weighted by molar-refractivity contribution is 0.102. The van der Waals surface area contributed by atoms with E-state index in [0.717, 1.165) is 11.3 Å². The topological polar surface area (TPSA) is 73.8 Å². The molecule has 0 N–H and O–H groups in total. The molecule has 0 bridgehead atoms. The normalized spacial score (nSPS) is 11.0. The predicted octanol–water partition coefficient (Wildman–Crippen LogP) is 4.65. The van der Waals surface area contributed by atoms with Crippen LogP contribution in [0.4, 0.5) is 4.39 Å². The Balaban J connectivity index is 1.51. The Morgan fingerprint density at radius 1 is 1.14 bits per heavy atom. The van der Waals surface area contributed by atoms with Gasteiger partial charge in [0.05, 0.1) is 11.4 Å². The van der Waals surface area contributed by atoms with Gasteiger partial charge in [-0.2, -0.15) is 0 Å². The largest absolute Gasteiger partial charge is 0.411 e. The first-order valence-corrected chi connectivity index (χ1v) is 9.87. The Kier molecular flexibility index (Phi) is 5.26. The average Bonchev–Trinajstić information content (AvgIpc) is 3.32.